The number of rotatable bonds is 6. The van der Waals surface area contributed by atoms with E-state index in [1.165, 1.54) is 12.1 Å². The van der Waals surface area contributed by atoms with Crippen molar-refractivity contribution < 1.29 is 19.4 Å². The number of aliphatic carboxylic acids is 1. The lowest BCUT2D eigenvalue weighted by atomic mass is 9.90. The lowest BCUT2D eigenvalue weighted by Crippen LogP contribution is -2.17. The van der Waals surface area contributed by atoms with Gasteiger partial charge >= 0.3 is 5.97 Å². The Kier molecular flexibility index (Phi) is 5.84. The summed E-state index contributed by atoms with van der Waals surface area (Å²) >= 11 is 12.1. The van der Waals surface area contributed by atoms with E-state index in [2.05, 4.69) is 0 Å². The van der Waals surface area contributed by atoms with Gasteiger partial charge in [0.25, 0.3) is 0 Å². The first-order valence-corrected chi connectivity index (χ1v) is 6.88. The van der Waals surface area contributed by atoms with Gasteiger partial charge in [0.1, 0.15) is 10.8 Å². The fourth-order valence-corrected chi connectivity index (χ4v) is 1.99. The third-order valence-corrected chi connectivity index (χ3v) is 3.94. The number of hydrogen-bond acceptors (Lipinski definition) is 3. The second-order valence-corrected chi connectivity index (χ2v) is 5.57. The molecule has 0 bridgehead atoms. The zero-order valence-electron chi connectivity index (χ0n) is 11.4. The molecule has 0 amide bonds. The molecular weight excluding hydrogens is 303 g/mol. The molecule has 0 fully saturated rings. The molecule has 0 saturated heterocycles. The summed E-state index contributed by atoms with van der Waals surface area (Å²) in [5.74, 6) is -1.08. The lowest BCUT2D eigenvalue weighted by Gasteiger charge is -2.16. The largest absolute Gasteiger partial charge is 0.480 e. The van der Waals surface area contributed by atoms with Gasteiger partial charge in [0.15, 0.2) is 12.4 Å². The highest BCUT2D eigenvalue weighted by Gasteiger charge is 2.23. The first kappa shape index (κ1) is 16.8. The minimum Gasteiger partial charge on any atom is -0.480 e. The Bertz CT molecular complexity index is 526. The highest BCUT2D eigenvalue weighted by Crippen LogP contribution is 2.36. The van der Waals surface area contributed by atoms with Gasteiger partial charge in [-0.3, -0.25) is 4.79 Å². The topological polar surface area (TPSA) is 63.6 Å². The molecule has 0 spiro atoms. The zero-order chi connectivity index (χ0) is 15.4. The predicted molar refractivity (Wildman–Crippen MR) is 77.9 cm³/mol. The number of carbonyl (C=O) groups excluding carboxylic acids is 1. The molecule has 0 aliphatic heterocycles. The van der Waals surface area contributed by atoms with Gasteiger partial charge in [-0.15, -0.1) is 0 Å². The molecule has 1 aromatic rings. The Labute approximate surface area is 127 Å². The van der Waals surface area contributed by atoms with Crippen molar-refractivity contribution in [3.8, 4) is 5.75 Å². The molecule has 0 radical (unpaired) electrons. The summed E-state index contributed by atoms with van der Waals surface area (Å²) in [6.45, 7) is 5.20. The van der Waals surface area contributed by atoms with Crippen LogP contribution in [0.5, 0.6) is 5.75 Å². The molecule has 1 atom stereocenters. The number of halogens is 2. The molecule has 1 unspecified atom stereocenters. The van der Waals surface area contributed by atoms with Crippen molar-refractivity contribution in [1.82, 2.24) is 0 Å². The Morgan fingerprint density at radius 3 is 2.30 bits per heavy atom. The van der Waals surface area contributed by atoms with Crippen LogP contribution in [0.3, 0.4) is 0 Å². The van der Waals surface area contributed by atoms with Crippen molar-refractivity contribution in [3.63, 3.8) is 0 Å². The van der Waals surface area contributed by atoms with Crippen LogP contribution in [-0.4, -0.2) is 23.5 Å². The Hall–Kier alpha value is -1.26. The molecule has 20 heavy (non-hydrogen) atoms. The van der Waals surface area contributed by atoms with E-state index in [9.17, 15) is 9.59 Å². The molecule has 1 rings (SSSR count). The normalized spacial score (nSPS) is 12.3. The number of benzene rings is 1. The monoisotopic (exact) mass is 318 g/mol. The SMILES string of the molecule is CC(C)C(C)C(=O)c1ccc(OCC(=O)O)c(Cl)c1Cl. The van der Waals surface area contributed by atoms with Crippen LogP contribution in [0.4, 0.5) is 0 Å². The second kappa shape index (κ2) is 6.95. The third-order valence-electron chi connectivity index (χ3n) is 3.08. The number of carboxylic acids is 1. The molecule has 0 heterocycles. The van der Waals surface area contributed by atoms with Crippen molar-refractivity contribution in [1.29, 1.82) is 0 Å². The van der Waals surface area contributed by atoms with Crippen LogP contribution in [0.2, 0.25) is 10.0 Å². The summed E-state index contributed by atoms with van der Waals surface area (Å²) in [6, 6.07) is 2.96. The number of hydrogen-bond donors (Lipinski definition) is 1. The molecule has 1 N–H and O–H groups in total. The van der Waals surface area contributed by atoms with Gasteiger partial charge < -0.3 is 9.84 Å². The van der Waals surface area contributed by atoms with Gasteiger partial charge in [-0.2, -0.15) is 0 Å². The van der Waals surface area contributed by atoms with Crippen molar-refractivity contribution >= 4 is 35.0 Å². The van der Waals surface area contributed by atoms with Crippen molar-refractivity contribution in [3.05, 3.63) is 27.7 Å². The van der Waals surface area contributed by atoms with Gasteiger partial charge in [-0.05, 0) is 18.1 Å². The summed E-state index contributed by atoms with van der Waals surface area (Å²) < 4.78 is 4.99. The van der Waals surface area contributed by atoms with E-state index in [4.69, 9.17) is 33.0 Å². The summed E-state index contributed by atoms with van der Waals surface area (Å²) in [6.07, 6.45) is 0. The molecule has 1 aromatic carbocycles. The van der Waals surface area contributed by atoms with Crippen molar-refractivity contribution in [2.75, 3.05) is 6.61 Å². The first-order chi connectivity index (χ1) is 9.25. The Balaban J connectivity index is 3.05. The molecule has 0 aromatic heterocycles. The molecule has 0 saturated carbocycles. The van der Waals surface area contributed by atoms with Gasteiger partial charge in [-0.1, -0.05) is 44.0 Å². The van der Waals surface area contributed by atoms with Crippen LogP contribution in [-0.2, 0) is 4.79 Å². The number of ketones is 1. The lowest BCUT2D eigenvalue weighted by molar-refractivity contribution is -0.139. The number of ether oxygens (including phenoxy) is 1. The number of carbonyl (C=O) groups is 2. The summed E-state index contributed by atoms with van der Waals surface area (Å²) in [4.78, 5) is 22.7. The van der Waals surface area contributed by atoms with E-state index in [1.54, 1.807) is 0 Å². The highest BCUT2D eigenvalue weighted by molar-refractivity contribution is 6.44. The van der Waals surface area contributed by atoms with Crippen LogP contribution < -0.4 is 4.74 Å². The summed E-state index contributed by atoms with van der Waals surface area (Å²) in [5.41, 5.74) is 0.320. The average Bonchev–Trinajstić information content (AvgIpc) is 2.38. The predicted octanol–water partition coefficient (Wildman–Crippen LogP) is 3.93. The fourth-order valence-electron chi connectivity index (χ4n) is 1.52. The van der Waals surface area contributed by atoms with Gasteiger partial charge in [0.2, 0.25) is 0 Å². The van der Waals surface area contributed by atoms with Crippen molar-refractivity contribution in [2.24, 2.45) is 11.8 Å². The average molecular weight is 319 g/mol. The Morgan fingerprint density at radius 1 is 1.20 bits per heavy atom. The minimum absolute atomic E-state index is 0.0507. The van der Waals surface area contributed by atoms with E-state index in [1.807, 2.05) is 20.8 Å². The van der Waals surface area contributed by atoms with Crippen LogP contribution in [0.15, 0.2) is 12.1 Å². The highest BCUT2D eigenvalue weighted by atomic mass is 35.5. The smallest absolute Gasteiger partial charge is 0.341 e. The van der Waals surface area contributed by atoms with Crippen LogP contribution >= 0.6 is 23.2 Å². The summed E-state index contributed by atoms with van der Waals surface area (Å²) in [7, 11) is 0. The zero-order valence-corrected chi connectivity index (χ0v) is 13.0. The summed E-state index contributed by atoms with van der Waals surface area (Å²) in [5, 5.41) is 8.70. The van der Waals surface area contributed by atoms with Crippen LogP contribution in [0.25, 0.3) is 0 Å². The first-order valence-electron chi connectivity index (χ1n) is 6.12. The van der Waals surface area contributed by atoms with E-state index < -0.39 is 12.6 Å². The molecule has 0 aliphatic rings. The standard InChI is InChI=1S/C14H16Cl2O4/c1-7(2)8(3)14(19)9-4-5-10(13(16)12(9)15)20-6-11(17)18/h4-5,7-8H,6H2,1-3H3,(H,17,18). The molecule has 4 nitrogen and oxygen atoms in total. The maximum atomic E-state index is 12.3. The molecule has 0 aliphatic carbocycles. The van der Waals surface area contributed by atoms with Gasteiger partial charge in [-0.25, -0.2) is 4.79 Å². The van der Waals surface area contributed by atoms with E-state index >= 15 is 0 Å². The van der Waals surface area contributed by atoms with E-state index in [0.717, 1.165) is 0 Å². The minimum atomic E-state index is -1.12. The third kappa shape index (κ3) is 3.87. The molecular formula is C14H16Cl2O4. The maximum Gasteiger partial charge on any atom is 0.341 e. The van der Waals surface area contributed by atoms with Crippen LogP contribution in [0, 0.1) is 11.8 Å². The fraction of sp³-hybridized carbons (Fsp3) is 0.429. The van der Waals surface area contributed by atoms with Crippen molar-refractivity contribution in [2.45, 2.75) is 20.8 Å². The quantitative estimate of drug-likeness (QED) is 0.807. The molecule has 6 heteroatoms. The van der Waals surface area contributed by atoms with Gasteiger partial charge in [0, 0.05) is 11.5 Å². The number of carboxylic acid groups (broad SMARTS) is 1. The van der Waals surface area contributed by atoms with E-state index in [0.29, 0.717) is 5.56 Å². The Morgan fingerprint density at radius 2 is 1.80 bits per heavy atom. The van der Waals surface area contributed by atoms with Crippen LogP contribution in [0.1, 0.15) is 31.1 Å². The maximum absolute atomic E-state index is 12.3. The number of Topliss-reactive ketones (excluding diaryl/α,β-unsaturated/α-hetero) is 1. The molecule has 110 valence electrons. The van der Waals surface area contributed by atoms with E-state index in [-0.39, 0.29) is 33.4 Å². The van der Waals surface area contributed by atoms with Gasteiger partial charge in [0.05, 0.1) is 5.02 Å². The second-order valence-electron chi connectivity index (χ2n) is 4.82.